The minimum absolute atomic E-state index is 0.0951. The number of aryl methyl sites for hydroxylation is 2. The van der Waals surface area contributed by atoms with Gasteiger partial charge in [0.1, 0.15) is 5.75 Å². The number of ether oxygens (including phenoxy) is 1. The third-order valence-electron chi connectivity index (χ3n) is 3.23. The fourth-order valence-electron chi connectivity index (χ4n) is 2.08. The van der Waals surface area contributed by atoms with E-state index in [1.807, 2.05) is 26.0 Å². The van der Waals surface area contributed by atoms with E-state index in [2.05, 4.69) is 15.9 Å². The van der Waals surface area contributed by atoms with Crippen molar-refractivity contribution in [2.45, 2.75) is 26.7 Å². The van der Waals surface area contributed by atoms with Gasteiger partial charge in [0.15, 0.2) is 5.75 Å². The second kappa shape index (κ2) is 6.43. The zero-order valence-electron chi connectivity index (χ0n) is 11.8. The number of rotatable bonds is 4. The monoisotopic (exact) mass is 355 g/mol. The van der Waals surface area contributed by atoms with Crippen LogP contribution in [0.2, 0.25) is 0 Å². The van der Waals surface area contributed by atoms with Gasteiger partial charge in [0.05, 0.1) is 5.69 Å². The van der Waals surface area contributed by atoms with Crippen LogP contribution in [-0.2, 0) is 6.42 Å². The van der Waals surface area contributed by atoms with Crippen molar-refractivity contribution in [3.05, 3.63) is 51.5 Å². The van der Waals surface area contributed by atoms with E-state index in [0.29, 0.717) is 21.7 Å². The average Bonchev–Trinajstić information content (AvgIpc) is 2.43. The van der Waals surface area contributed by atoms with E-state index < -0.39 is 6.43 Å². The SMILES string of the molecule is CCc1ccc(C)c(Oc2cc(Br)cc(C(F)F)c2)c1N. The van der Waals surface area contributed by atoms with E-state index >= 15 is 0 Å². The average molecular weight is 356 g/mol. The van der Waals surface area contributed by atoms with E-state index in [1.54, 1.807) is 6.07 Å². The Bertz CT molecular complexity index is 659. The Morgan fingerprint density at radius 2 is 1.95 bits per heavy atom. The number of hydrogen-bond acceptors (Lipinski definition) is 2. The van der Waals surface area contributed by atoms with E-state index in [9.17, 15) is 8.78 Å². The summed E-state index contributed by atoms with van der Waals surface area (Å²) in [6.07, 6.45) is -1.77. The summed E-state index contributed by atoms with van der Waals surface area (Å²) in [6, 6.07) is 8.20. The Morgan fingerprint density at radius 1 is 1.24 bits per heavy atom. The lowest BCUT2D eigenvalue weighted by atomic mass is 10.1. The van der Waals surface area contributed by atoms with Gasteiger partial charge in [-0.3, -0.25) is 0 Å². The van der Waals surface area contributed by atoms with Crippen molar-refractivity contribution in [3.63, 3.8) is 0 Å². The van der Waals surface area contributed by atoms with Crippen molar-refractivity contribution >= 4 is 21.6 Å². The fourth-order valence-corrected chi connectivity index (χ4v) is 2.57. The lowest BCUT2D eigenvalue weighted by molar-refractivity contribution is 0.151. The van der Waals surface area contributed by atoms with Crippen molar-refractivity contribution in [2.75, 3.05) is 5.73 Å². The second-order valence-corrected chi connectivity index (χ2v) is 5.68. The maximum absolute atomic E-state index is 12.8. The first-order valence-corrected chi connectivity index (χ1v) is 7.36. The number of anilines is 1. The number of nitrogen functional groups attached to an aromatic ring is 1. The summed E-state index contributed by atoms with van der Waals surface area (Å²) in [5.41, 5.74) is 8.39. The molecule has 0 aromatic heterocycles. The topological polar surface area (TPSA) is 35.2 Å². The van der Waals surface area contributed by atoms with Crippen molar-refractivity contribution in [1.29, 1.82) is 0 Å². The highest BCUT2D eigenvalue weighted by Crippen LogP contribution is 2.36. The van der Waals surface area contributed by atoms with Crippen LogP contribution < -0.4 is 10.5 Å². The van der Waals surface area contributed by atoms with Crippen LogP contribution in [0, 0.1) is 6.92 Å². The molecule has 0 heterocycles. The largest absolute Gasteiger partial charge is 0.455 e. The van der Waals surface area contributed by atoms with E-state index in [0.717, 1.165) is 17.5 Å². The summed E-state index contributed by atoms with van der Waals surface area (Å²) in [7, 11) is 0. The predicted octanol–water partition coefficient (Wildman–Crippen LogP) is 5.63. The van der Waals surface area contributed by atoms with Crippen molar-refractivity contribution in [3.8, 4) is 11.5 Å². The molecular formula is C16H16BrF2NO. The molecule has 0 atom stereocenters. The van der Waals surface area contributed by atoms with Gasteiger partial charge in [-0.2, -0.15) is 0 Å². The molecule has 2 aromatic carbocycles. The van der Waals surface area contributed by atoms with Crippen LogP contribution in [0.3, 0.4) is 0 Å². The fraction of sp³-hybridized carbons (Fsp3) is 0.250. The van der Waals surface area contributed by atoms with Crippen molar-refractivity contribution in [1.82, 2.24) is 0 Å². The first kappa shape index (κ1) is 15.8. The van der Waals surface area contributed by atoms with E-state index in [1.165, 1.54) is 12.1 Å². The maximum Gasteiger partial charge on any atom is 0.264 e. The van der Waals surface area contributed by atoms with Gasteiger partial charge in [-0.25, -0.2) is 8.78 Å². The zero-order chi connectivity index (χ0) is 15.6. The molecule has 21 heavy (non-hydrogen) atoms. The number of alkyl halides is 2. The summed E-state index contributed by atoms with van der Waals surface area (Å²) in [5.74, 6) is 0.857. The summed E-state index contributed by atoms with van der Waals surface area (Å²) in [6.45, 7) is 3.87. The summed E-state index contributed by atoms with van der Waals surface area (Å²) in [5, 5.41) is 0. The second-order valence-electron chi connectivity index (χ2n) is 4.76. The molecule has 0 bridgehead atoms. The van der Waals surface area contributed by atoms with Gasteiger partial charge in [0, 0.05) is 10.0 Å². The predicted molar refractivity (Wildman–Crippen MR) is 84.1 cm³/mol. The van der Waals surface area contributed by atoms with Gasteiger partial charge < -0.3 is 10.5 Å². The van der Waals surface area contributed by atoms with Crippen LogP contribution in [-0.4, -0.2) is 0 Å². The number of benzene rings is 2. The van der Waals surface area contributed by atoms with Gasteiger partial charge >= 0.3 is 0 Å². The van der Waals surface area contributed by atoms with Crippen LogP contribution in [0.15, 0.2) is 34.8 Å². The third kappa shape index (κ3) is 3.53. The highest BCUT2D eigenvalue weighted by Gasteiger charge is 2.13. The van der Waals surface area contributed by atoms with E-state index in [-0.39, 0.29) is 5.56 Å². The molecule has 0 unspecified atom stereocenters. The molecule has 2 nitrogen and oxygen atoms in total. The number of hydrogen-bond donors (Lipinski definition) is 1. The van der Waals surface area contributed by atoms with E-state index in [4.69, 9.17) is 10.5 Å². The molecule has 2 rings (SSSR count). The molecule has 0 fully saturated rings. The van der Waals surface area contributed by atoms with Crippen LogP contribution in [0.25, 0.3) is 0 Å². The molecule has 112 valence electrons. The molecule has 0 saturated carbocycles. The zero-order valence-corrected chi connectivity index (χ0v) is 13.4. The Labute approximate surface area is 131 Å². The third-order valence-corrected chi connectivity index (χ3v) is 3.69. The maximum atomic E-state index is 12.8. The minimum atomic E-state index is -2.55. The smallest absolute Gasteiger partial charge is 0.264 e. The molecule has 0 aliphatic rings. The normalized spacial score (nSPS) is 11.0. The highest BCUT2D eigenvalue weighted by molar-refractivity contribution is 9.10. The quantitative estimate of drug-likeness (QED) is 0.721. The molecule has 0 aliphatic carbocycles. The molecule has 5 heteroatoms. The van der Waals surface area contributed by atoms with Gasteiger partial charge in [-0.1, -0.05) is 35.0 Å². The highest BCUT2D eigenvalue weighted by atomic mass is 79.9. The first-order valence-electron chi connectivity index (χ1n) is 6.56. The summed E-state index contributed by atoms with van der Waals surface area (Å²) in [4.78, 5) is 0. The number of nitrogens with two attached hydrogens (primary N) is 1. The summed E-state index contributed by atoms with van der Waals surface area (Å²) < 4.78 is 32.0. The Hall–Kier alpha value is -1.62. The van der Waals surface area contributed by atoms with Gasteiger partial charge in [-0.05, 0) is 42.7 Å². The van der Waals surface area contributed by atoms with Crippen molar-refractivity contribution in [2.24, 2.45) is 0 Å². The molecule has 0 aliphatic heterocycles. The molecule has 0 saturated heterocycles. The van der Waals surface area contributed by atoms with Crippen LogP contribution >= 0.6 is 15.9 Å². The standard InChI is InChI=1S/C16H16BrF2NO/c1-3-10-5-4-9(2)15(14(10)20)21-13-7-11(16(18)19)6-12(17)8-13/h4-8,16H,3,20H2,1-2H3. The van der Waals surface area contributed by atoms with Crippen LogP contribution in [0.1, 0.15) is 30.0 Å². The molecule has 0 radical (unpaired) electrons. The Morgan fingerprint density at radius 3 is 2.57 bits per heavy atom. The first-order chi connectivity index (χ1) is 9.92. The van der Waals surface area contributed by atoms with Crippen LogP contribution in [0.4, 0.5) is 14.5 Å². The minimum Gasteiger partial charge on any atom is -0.455 e. The van der Waals surface area contributed by atoms with Crippen LogP contribution in [0.5, 0.6) is 11.5 Å². The van der Waals surface area contributed by atoms with Gasteiger partial charge in [-0.15, -0.1) is 0 Å². The molecule has 2 N–H and O–H groups in total. The Kier molecular flexibility index (Phi) is 4.83. The molecule has 2 aromatic rings. The molecule has 0 amide bonds. The number of halogens is 3. The lowest BCUT2D eigenvalue weighted by Gasteiger charge is -2.15. The lowest BCUT2D eigenvalue weighted by Crippen LogP contribution is -1.99. The Balaban J connectivity index is 2.43. The molecular weight excluding hydrogens is 340 g/mol. The van der Waals surface area contributed by atoms with Crippen molar-refractivity contribution < 1.29 is 13.5 Å². The summed E-state index contributed by atoms with van der Waals surface area (Å²) >= 11 is 3.22. The van der Waals surface area contributed by atoms with Gasteiger partial charge in [0.2, 0.25) is 0 Å². The van der Waals surface area contributed by atoms with Gasteiger partial charge in [0.25, 0.3) is 6.43 Å². The molecule has 0 spiro atoms.